The maximum atomic E-state index is 12.4. The van der Waals surface area contributed by atoms with Gasteiger partial charge in [-0.15, -0.1) is 11.3 Å². The SMILES string of the molecule is COC(=O)c1c(NC(=O)COc2ccc([N+](=O)[O-])cc2Cl)sc2c1CCC(C)C2. The van der Waals surface area contributed by atoms with Crippen LogP contribution in [0, 0.1) is 16.0 Å². The Labute approximate surface area is 175 Å². The third kappa shape index (κ3) is 4.68. The van der Waals surface area contributed by atoms with Crippen LogP contribution in [0.4, 0.5) is 10.7 Å². The number of anilines is 1. The zero-order valence-electron chi connectivity index (χ0n) is 15.8. The first-order chi connectivity index (χ1) is 13.8. The number of nitrogens with one attached hydrogen (secondary N) is 1. The third-order valence-corrected chi connectivity index (χ3v) is 6.10. The number of esters is 1. The average Bonchev–Trinajstić information content (AvgIpc) is 3.02. The number of non-ortho nitro benzene ring substituents is 1. The number of ether oxygens (including phenoxy) is 2. The van der Waals surface area contributed by atoms with Gasteiger partial charge in [0.25, 0.3) is 11.6 Å². The number of benzene rings is 1. The lowest BCUT2D eigenvalue weighted by molar-refractivity contribution is -0.384. The van der Waals surface area contributed by atoms with E-state index < -0.39 is 16.8 Å². The lowest BCUT2D eigenvalue weighted by Gasteiger charge is -2.18. The van der Waals surface area contributed by atoms with Crippen LogP contribution in [0.15, 0.2) is 18.2 Å². The van der Waals surface area contributed by atoms with Gasteiger partial charge in [-0.05, 0) is 36.8 Å². The highest BCUT2D eigenvalue weighted by Crippen LogP contribution is 2.40. The Morgan fingerprint density at radius 1 is 1.41 bits per heavy atom. The van der Waals surface area contributed by atoms with Gasteiger partial charge in [-0.25, -0.2) is 4.79 Å². The summed E-state index contributed by atoms with van der Waals surface area (Å²) < 4.78 is 10.3. The zero-order valence-corrected chi connectivity index (χ0v) is 17.4. The van der Waals surface area contributed by atoms with Gasteiger partial charge in [0.15, 0.2) is 6.61 Å². The molecule has 0 radical (unpaired) electrons. The normalized spacial score (nSPS) is 15.3. The number of carbonyl (C=O) groups excluding carboxylic acids is 2. The molecule has 1 unspecified atom stereocenters. The second kappa shape index (κ2) is 8.79. The number of methoxy groups -OCH3 is 1. The highest BCUT2D eigenvalue weighted by molar-refractivity contribution is 7.17. The van der Waals surface area contributed by atoms with Gasteiger partial charge >= 0.3 is 5.97 Å². The van der Waals surface area contributed by atoms with E-state index in [1.54, 1.807) is 0 Å². The van der Waals surface area contributed by atoms with Crippen molar-refractivity contribution in [3.05, 3.63) is 49.3 Å². The van der Waals surface area contributed by atoms with Gasteiger partial charge in [0.2, 0.25) is 0 Å². The van der Waals surface area contributed by atoms with Gasteiger partial charge in [0.1, 0.15) is 10.8 Å². The Morgan fingerprint density at radius 3 is 2.83 bits per heavy atom. The smallest absolute Gasteiger partial charge is 0.341 e. The van der Waals surface area contributed by atoms with Gasteiger partial charge in [0, 0.05) is 17.0 Å². The van der Waals surface area contributed by atoms with Crippen molar-refractivity contribution in [2.24, 2.45) is 5.92 Å². The van der Waals surface area contributed by atoms with Crippen LogP contribution in [-0.2, 0) is 22.4 Å². The predicted octanol–water partition coefficient (Wildman–Crippen LogP) is 4.24. The van der Waals surface area contributed by atoms with Gasteiger partial charge in [-0.2, -0.15) is 0 Å². The first-order valence-electron chi connectivity index (χ1n) is 8.89. The molecule has 10 heteroatoms. The van der Waals surface area contributed by atoms with E-state index in [0.717, 1.165) is 35.8 Å². The van der Waals surface area contributed by atoms with Gasteiger partial charge in [-0.1, -0.05) is 18.5 Å². The first kappa shape index (κ1) is 21.1. The molecule has 1 aromatic heterocycles. The molecule has 29 heavy (non-hydrogen) atoms. The number of nitro benzene ring substituents is 1. The molecule has 0 saturated heterocycles. The molecule has 0 aliphatic heterocycles. The highest BCUT2D eigenvalue weighted by Gasteiger charge is 2.29. The Morgan fingerprint density at radius 2 is 2.17 bits per heavy atom. The Kier molecular flexibility index (Phi) is 6.39. The number of hydrogen-bond donors (Lipinski definition) is 1. The van der Waals surface area contributed by atoms with E-state index in [-0.39, 0.29) is 23.1 Å². The van der Waals surface area contributed by atoms with Crippen molar-refractivity contribution >= 4 is 45.5 Å². The van der Waals surface area contributed by atoms with Crippen molar-refractivity contribution in [3.63, 3.8) is 0 Å². The quantitative estimate of drug-likeness (QED) is 0.410. The van der Waals surface area contributed by atoms with E-state index in [0.29, 0.717) is 16.5 Å². The van der Waals surface area contributed by atoms with Crippen molar-refractivity contribution in [2.45, 2.75) is 26.2 Å². The number of amides is 1. The fourth-order valence-corrected chi connectivity index (χ4v) is 4.83. The second-order valence-electron chi connectivity index (χ2n) is 6.76. The maximum absolute atomic E-state index is 12.4. The number of carbonyl (C=O) groups is 2. The zero-order chi connectivity index (χ0) is 21.1. The average molecular weight is 439 g/mol. The van der Waals surface area contributed by atoms with Crippen molar-refractivity contribution in [1.82, 2.24) is 0 Å². The standard InChI is InChI=1S/C19H19ClN2O6S/c1-10-3-5-12-15(7-10)29-18(17(12)19(24)27-2)21-16(23)9-28-14-6-4-11(22(25)26)8-13(14)20/h4,6,8,10H,3,5,7,9H2,1-2H3,(H,21,23). The van der Waals surface area contributed by atoms with E-state index in [1.807, 2.05) is 0 Å². The molecule has 1 aliphatic carbocycles. The molecular formula is C19H19ClN2O6S. The number of nitro groups is 1. The number of rotatable bonds is 6. The molecule has 1 N–H and O–H groups in total. The third-order valence-electron chi connectivity index (χ3n) is 4.64. The molecule has 0 fully saturated rings. The number of nitrogens with zero attached hydrogens (tertiary/aromatic N) is 1. The monoisotopic (exact) mass is 438 g/mol. The Hall–Kier alpha value is -2.65. The summed E-state index contributed by atoms with van der Waals surface area (Å²) in [5.41, 5.74) is 1.17. The summed E-state index contributed by atoms with van der Waals surface area (Å²) in [6.07, 6.45) is 2.60. The molecule has 1 amide bonds. The minimum atomic E-state index is -0.573. The topological polar surface area (TPSA) is 108 Å². The number of thiophene rings is 1. The minimum Gasteiger partial charge on any atom is -0.482 e. The van der Waals surface area contributed by atoms with Crippen molar-refractivity contribution in [1.29, 1.82) is 0 Å². The minimum absolute atomic E-state index is 0.0304. The highest BCUT2D eigenvalue weighted by atomic mass is 35.5. The Bertz CT molecular complexity index is 974. The fourth-order valence-electron chi connectivity index (χ4n) is 3.18. The molecular weight excluding hydrogens is 420 g/mol. The van der Waals surface area contributed by atoms with E-state index in [1.165, 1.54) is 30.6 Å². The summed E-state index contributed by atoms with van der Waals surface area (Å²) in [5, 5.41) is 13.9. The van der Waals surface area contributed by atoms with Crippen LogP contribution in [0.3, 0.4) is 0 Å². The summed E-state index contributed by atoms with van der Waals surface area (Å²) in [4.78, 5) is 35.9. The van der Waals surface area contributed by atoms with Crippen molar-refractivity contribution in [3.8, 4) is 5.75 Å². The van der Waals surface area contributed by atoms with E-state index >= 15 is 0 Å². The number of halogens is 1. The van der Waals surface area contributed by atoms with Gasteiger partial charge < -0.3 is 14.8 Å². The van der Waals surface area contributed by atoms with E-state index in [4.69, 9.17) is 21.1 Å². The number of hydrogen-bond acceptors (Lipinski definition) is 7. The summed E-state index contributed by atoms with van der Waals surface area (Å²) in [6, 6.07) is 3.72. The maximum Gasteiger partial charge on any atom is 0.341 e. The Balaban J connectivity index is 1.72. The van der Waals surface area contributed by atoms with Crippen LogP contribution >= 0.6 is 22.9 Å². The van der Waals surface area contributed by atoms with Crippen LogP contribution in [-0.4, -0.2) is 30.5 Å². The van der Waals surface area contributed by atoms with Gasteiger partial charge in [-0.3, -0.25) is 14.9 Å². The summed E-state index contributed by atoms with van der Waals surface area (Å²) in [5.74, 6) is -0.286. The summed E-state index contributed by atoms with van der Waals surface area (Å²) in [6.45, 7) is 1.79. The predicted molar refractivity (Wildman–Crippen MR) is 109 cm³/mol. The van der Waals surface area contributed by atoms with Gasteiger partial charge in [0.05, 0.1) is 22.6 Å². The van der Waals surface area contributed by atoms with Crippen molar-refractivity contribution < 1.29 is 24.0 Å². The van der Waals surface area contributed by atoms with Crippen LogP contribution in [0.5, 0.6) is 5.75 Å². The van der Waals surface area contributed by atoms with E-state index in [2.05, 4.69) is 12.2 Å². The first-order valence-corrected chi connectivity index (χ1v) is 10.1. The molecule has 2 aromatic rings. The van der Waals surface area contributed by atoms with Crippen LogP contribution in [0.2, 0.25) is 5.02 Å². The molecule has 1 heterocycles. The molecule has 1 aliphatic rings. The largest absolute Gasteiger partial charge is 0.482 e. The molecule has 0 spiro atoms. The van der Waals surface area contributed by atoms with Crippen LogP contribution < -0.4 is 10.1 Å². The molecule has 0 saturated carbocycles. The lowest BCUT2D eigenvalue weighted by atomic mass is 9.88. The second-order valence-corrected chi connectivity index (χ2v) is 8.27. The van der Waals surface area contributed by atoms with Crippen LogP contribution in [0.25, 0.3) is 0 Å². The number of fused-ring (bicyclic) bond motifs is 1. The van der Waals surface area contributed by atoms with Crippen LogP contribution in [0.1, 0.15) is 34.1 Å². The molecule has 154 valence electrons. The fraction of sp³-hybridized carbons (Fsp3) is 0.368. The lowest BCUT2D eigenvalue weighted by Crippen LogP contribution is -2.21. The summed E-state index contributed by atoms with van der Waals surface area (Å²) in [7, 11) is 1.31. The van der Waals surface area contributed by atoms with Crippen molar-refractivity contribution in [2.75, 3.05) is 19.0 Å². The molecule has 0 bridgehead atoms. The molecule has 1 aromatic carbocycles. The summed E-state index contributed by atoms with van der Waals surface area (Å²) >= 11 is 7.34. The molecule has 1 atom stereocenters. The van der Waals surface area contributed by atoms with E-state index in [9.17, 15) is 19.7 Å². The molecule has 8 nitrogen and oxygen atoms in total. The molecule has 3 rings (SSSR count).